The van der Waals surface area contributed by atoms with Gasteiger partial charge in [0.2, 0.25) is 0 Å². The smallest absolute Gasteiger partial charge is 0.318 e. The van der Waals surface area contributed by atoms with Gasteiger partial charge < -0.3 is 20.3 Å². The Balaban J connectivity index is 1.85. The average molecular weight is 252 g/mol. The van der Waals surface area contributed by atoms with Crippen LogP contribution in [0.3, 0.4) is 0 Å². The van der Waals surface area contributed by atoms with Gasteiger partial charge in [0.25, 0.3) is 0 Å². The summed E-state index contributed by atoms with van der Waals surface area (Å²) in [6, 6.07) is -0.422. The minimum Gasteiger partial charge on any atom is -0.481 e. The van der Waals surface area contributed by atoms with Gasteiger partial charge in [0.1, 0.15) is 5.82 Å². The van der Waals surface area contributed by atoms with Crippen molar-refractivity contribution < 1.29 is 14.7 Å². The second-order valence-corrected chi connectivity index (χ2v) is 4.28. The fourth-order valence-electron chi connectivity index (χ4n) is 2.17. The third-order valence-corrected chi connectivity index (χ3v) is 3.01. The molecule has 1 atom stereocenters. The van der Waals surface area contributed by atoms with Crippen LogP contribution in [-0.4, -0.2) is 44.6 Å². The lowest BCUT2D eigenvalue weighted by atomic mass is 10.1. The number of urea groups is 1. The van der Waals surface area contributed by atoms with Gasteiger partial charge in [-0.25, -0.2) is 9.78 Å². The minimum absolute atomic E-state index is 0.00811. The highest BCUT2D eigenvalue weighted by molar-refractivity contribution is 5.76. The Morgan fingerprint density at radius 3 is 3.11 bits per heavy atom. The summed E-state index contributed by atoms with van der Waals surface area (Å²) in [5, 5.41) is 11.5. The van der Waals surface area contributed by atoms with Crippen LogP contribution in [0, 0.1) is 0 Å². The maximum atomic E-state index is 11.9. The summed E-state index contributed by atoms with van der Waals surface area (Å²) in [4.78, 5) is 31.1. The maximum absolute atomic E-state index is 11.9. The van der Waals surface area contributed by atoms with E-state index in [1.54, 1.807) is 17.3 Å². The Morgan fingerprint density at radius 2 is 2.44 bits per heavy atom. The van der Waals surface area contributed by atoms with E-state index in [2.05, 4.69) is 15.3 Å². The van der Waals surface area contributed by atoms with Crippen LogP contribution in [0.25, 0.3) is 0 Å². The number of H-pyrrole nitrogens is 1. The zero-order chi connectivity index (χ0) is 13.0. The second kappa shape index (κ2) is 5.52. The molecule has 0 bridgehead atoms. The molecule has 1 fully saturated rings. The molecule has 1 saturated heterocycles. The fraction of sp³-hybridized carbons (Fsp3) is 0.545. The van der Waals surface area contributed by atoms with E-state index < -0.39 is 5.97 Å². The molecule has 1 aliphatic heterocycles. The topological polar surface area (TPSA) is 98.3 Å². The van der Waals surface area contributed by atoms with E-state index in [1.165, 1.54) is 0 Å². The third-order valence-electron chi connectivity index (χ3n) is 3.01. The SMILES string of the molecule is O=C(O)CC1CCCN1C(=O)NCc1ncc[nH]1. The molecule has 18 heavy (non-hydrogen) atoms. The van der Waals surface area contributed by atoms with Crippen LogP contribution in [0.15, 0.2) is 12.4 Å². The Hall–Kier alpha value is -2.05. The number of hydrogen-bond acceptors (Lipinski definition) is 3. The van der Waals surface area contributed by atoms with Gasteiger partial charge in [-0.15, -0.1) is 0 Å². The van der Waals surface area contributed by atoms with Gasteiger partial charge in [-0.3, -0.25) is 4.79 Å². The molecule has 0 aromatic carbocycles. The number of carboxylic acid groups (broad SMARTS) is 1. The highest BCUT2D eigenvalue weighted by Crippen LogP contribution is 2.19. The van der Waals surface area contributed by atoms with E-state index in [0.717, 1.165) is 12.8 Å². The summed E-state index contributed by atoms with van der Waals surface area (Å²) in [5.41, 5.74) is 0. The summed E-state index contributed by atoms with van der Waals surface area (Å²) in [7, 11) is 0. The Morgan fingerprint density at radius 1 is 1.61 bits per heavy atom. The number of aliphatic carboxylic acids is 1. The van der Waals surface area contributed by atoms with Gasteiger partial charge in [-0.2, -0.15) is 0 Å². The third kappa shape index (κ3) is 2.99. The molecule has 1 aromatic rings. The number of nitrogens with one attached hydrogen (secondary N) is 2. The molecule has 2 heterocycles. The maximum Gasteiger partial charge on any atom is 0.318 e. The number of hydrogen-bond donors (Lipinski definition) is 3. The molecule has 0 radical (unpaired) electrons. The molecule has 7 heteroatoms. The summed E-state index contributed by atoms with van der Waals surface area (Å²) in [5.74, 6) is -0.192. The first-order valence-electron chi connectivity index (χ1n) is 5.91. The molecule has 0 aliphatic carbocycles. The first-order chi connectivity index (χ1) is 8.66. The minimum atomic E-state index is -0.870. The number of rotatable bonds is 4. The molecule has 1 unspecified atom stereocenters. The first kappa shape index (κ1) is 12.4. The van der Waals surface area contributed by atoms with Crippen LogP contribution in [0.2, 0.25) is 0 Å². The largest absolute Gasteiger partial charge is 0.481 e. The quantitative estimate of drug-likeness (QED) is 0.729. The van der Waals surface area contributed by atoms with Crippen molar-refractivity contribution in [1.29, 1.82) is 0 Å². The summed E-state index contributed by atoms with van der Waals surface area (Å²) in [6.45, 7) is 0.935. The van der Waals surface area contributed by atoms with E-state index in [1.807, 2.05) is 0 Å². The van der Waals surface area contributed by atoms with E-state index in [4.69, 9.17) is 5.11 Å². The number of amides is 2. The number of carboxylic acids is 1. The zero-order valence-electron chi connectivity index (χ0n) is 9.93. The lowest BCUT2D eigenvalue weighted by molar-refractivity contribution is -0.137. The van der Waals surface area contributed by atoms with Crippen LogP contribution in [0.4, 0.5) is 4.79 Å². The van der Waals surface area contributed by atoms with Gasteiger partial charge >= 0.3 is 12.0 Å². The van der Waals surface area contributed by atoms with Crippen LogP contribution < -0.4 is 5.32 Å². The van der Waals surface area contributed by atoms with Crippen LogP contribution in [-0.2, 0) is 11.3 Å². The zero-order valence-corrected chi connectivity index (χ0v) is 9.93. The molecule has 1 aromatic heterocycles. The molecule has 0 spiro atoms. The summed E-state index contributed by atoms with van der Waals surface area (Å²) >= 11 is 0. The van der Waals surface area contributed by atoms with E-state index >= 15 is 0 Å². The molecule has 2 rings (SSSR count). The number of aromatic nitrogens is 2. The van der Waals surface area contributed by atoms with Crippen molar-refractivity contribution in [3.8, 4) is 0 Å². The van der Waals surface area contributed by atoms with Gasteiger partial charge in [-0.05, 0) is 12.8 Å². The van der Waals surface area contributed by atoms with Crippen LogP contribution in [0.5, 0.6) is 0 Å². The van der Waals surface area contributed by atoms with E-state index in [9.17, 15) is 9.59 Å². The van der Waals surface area contributed by atoms with Crippen molar-refractivity contribution in [1.82, 2.24) is 20.2 Å². The predicted molar refractivity (Wildman–Crippen MR) is 62.8 cm³/mol. The van der Waals surface area contributed by atoms with Crippen LogP contribution in [0.1, 0.15) is 25.1 Å². The molecule has 0 saturated carbocycles. The molecule has 7 nitrogen and oxygen atoms in total. The molecular formula is C11H16N4O3. The molecule has 2 amide bonds. The van der Waals surface area contributed by atoms with E-state index in [-0.39, 0.29) is 18.5 Å². The average Bonchev–Trinajstić information content (AvgIpc) is 2.95. The highest BCUT2D eigenvalue weighted by atomic mass is 16.4. The van der Waals surface area contributed by atoms with Crippen molar-refractivity contribution >= 4 is 12.0 Å². The predicted octanol–water partition coefficient (Wildman–Crippen LogP) is 0.558. The van der Waals surface area contributed by atoms with Crippen molar-refractivity contribution in [3.05, 3.63) is 18.2 Å². The molecule has 98 valence electrons. The first-order valence-corrected chi connectivity index (χ1v) is 5.91. The monoisotopic (exact) mass is 252 g/mol. The number of carbonyl (C=O) groups is 2. The number of likely N-dealkylation sites (tertiary alicyclic amines) is 1. The fourth-order valence-corrected chi connectivity index (χ4v) is 2.17. The Bertz CT molecular complexity index is 418. The number of aromatic amines is 1. The molecule has 1 aliphatic rings. The van der Waals surface area contributed by atoms with Gasteiger partial charge in [0.15, 0.2) is 0 Å². The normalized spacial score (nSPS) is 18.9. The highest BCUT2D eigenvalue weighted by Gasteiger charge is 2.30. The lowest BCUT2D eigenvalue weighted by Gasteiger charge is -2.23. The van der Waals surface area contributed by atoms with Crippen molar-refractivity contribution in [3.63, 3.8) is 0 Å². The van der Waals surface area contributed by atoms with Gasteiger partial charge in [0.05, 0.1) is 13.0 Å². The molecular weight excluding hydrogens is 236 g/mol. The Kier molecular flexibility index (Phi) is 3.81. The lowest BCUT2D eigenvalue weighted by Crippen LogP contribution is -2.43. The van der Waals surface area contributed by atoms with Crippen molar-refractivity contribution in [2.24, 2.45) is 0 Å². The van der Waals surface area contributed by atoms with E-state index in [0.29, 0.717) is 18.9 Å². The van der Waals surface area contributed by atoms with Gasteiger partial charge in [-0.1, -0.05) is 0 Å². The molecule has 3 N–H and O–H groups in total. The van der Waals surface area contributed by atoms with Crippen molar-refractivity contribution in [2.75, 3.05) is 6.54 Å². The van der Waals surface area contributed by atoms with Gasteiger partial charge in [0, 0.05) is 25.0 Å². The summed E-state index contributed by atoms with van der Waals surface area (Å²) < 4.78 is 0. The number of carbonyl (C=O) groups excluding carboxylic acids is 1. The standard InChI is InChI=1S/C11H16N4O3/c16-10(17)6-8-2-1-5-15(8)11(18)14-7-9-12-3-4-13-9/h3-4,8H,1-2,5-7H2,(H,12,13)(H,14,18)(H,16,17). The Labute approximate surface area is 104 Å². The number of imidazole rings is 1. The van der Waals surface area contributed by atoms with Crippen molar-refractivity contribution in [2.45, 2.75) is 31.8 Å². The number of nitrogens with zero attached hydrogens (tertiary/aromatic N) is 2. The second-order valence-electron chi connectivity index (χ2n) is 4.28. The van der Waals surface area contributed by atoms with Crippen LogP contribution >= 0.6 is 0 Å². The summed E-state index contributed by atoms with van der Waals surface area (Å²) in [6.07, 6.45) is 4.91.